The predicted molar refractivity (Wildman–Crippen MR) is 37.7 cm³/mol. The highest BCUT2D eigenvalue weighted by molar-refractivity contribution is 5.33. The minimum absolute atomic E-state index is 0.0244. The van der Waals surface area contributed by atoms with Crippen molar-refractivity contribution in [1.29, 1.82) is 0 Å². The van der Waals surface area contributed by atoms with E-state index in [1.807, 2.05) is 0 Å². The number of alkyl halides is 1. The van der Waals surface area contributed by atoms with Crippen LogP contribution in [-0.2, 0) is 0 Å². The Morgan fingerprint density at radius 2 is 1.83 bits per heavy atom. The van der Waals surface area contributed by atoms with Gasteiger partial charge in [0.25, 0.3) is 0 Å². The topological polar surface area (TPSA) is 9.23 Å². The lowest BCUT2D eigenvalue weighted by Gasteiger charge is -2.05. The Bertz CT molecular complexity index is 286. The van der Waals surface area contributed by atoms with Gasteiger partial charge in [0.05, 0.1) is 0 Å². The summed E-state index contributed by atoms with van der Waals surface area (Å²) in [6.45, 7) is 0.458. The molecule has 66 valence electrons. The van der Waals surface area contributed by atoms with Gasteiger partial charge in [0, 0.05) is 6.07 Å². The van der Waals surface area contributed by atoms with Crippen molar-refractivity contribution in [3.05, 3.63) is 29.3 Å². The van der Waals surface area contributed by atoms with E-state index in [1.165, 1.54) is 6.92 Å². The zero-order valence-electron chi connectivity index (χ0n) is 6.40. The lowest BCUT2D eigenvalue weighted by Crippen LogP contribution is -1.95. The number of hydrogen-bond donors (Lipinski definition) is 0. The van der Waals surface area contributed by atoms with Crippen LogP contribution in [0.3, 0.4) is 0 Å². The van der Waals surface area contributed by atoms with E-state index in [4.69, 9.17) is 0 Å². The zero-order chi connectivity index (χ0) is 9.14. The van der Waals surface area contributed by atoms with Crippen LogP contribution < -0.4 is 4.74 Å². The average molecular weight is 176 g/mol. The van der Waals surface area contributed by atoms with Crippen LogP contribution in [0.2, 0.25) is 0 Å². The number of benzene rings is 1. The van der Waals surface area contributed by atoms with Gasteiger partial charge in [0.2, 0.25) is 6.86 Å². The first kappa shape index (κ1) is 8.90. The van der Waals surface area contributed by atoms with Gasteiger partial charge < -0.3 is 4.74 Å². The molecule has 0 aliphatic rings. The number of halogens is 3. The van der Waals surface area contributed by atoms with E-state index < -0.39 is 18.5 Å². The molecule has 0 aliphatic heterocycles. The van der Waals surface area contributed by atoms with Gasteiger partial charge in [-0.2, -0.15) is 0 Å². The molecule has 4 heteroatoms. The maximum absolute atomic E-state index is 12.5. The maximum Gasteiger partial charge on any atom is 0.228 e. The van der Waals surface area contributed by atoms with Gasteiger partial charge >= 0.3 is 0 Å². The van der Waals surface area contributed by atoms with Crippen LogP contribution in [0.4, 0.5) is 13.2 Å². The fraction of sp³-hybridized carbons (Fsp3) is 0.250. The van der Waals surface area contributed by atoms with Crippen LogP contribution in [-0.4, -0.2) is 6.86 Å². The van der Waals surface area contributed by atoms with Crippen molar-refractivity contribution in [3.63, 3.8) is 0 Å². The minimum atomic E-state index is -1.05. The standard InChI is InChI=1S/C8H7F3O/c1-5-2-6(10)7(11)3-8(5)12-4-9/h2-3H,4H2,1H3. The largest absolute Gasteiger partial charge is 0.463 e. The second kappa shape index (κ2) is 3.47. The van der Waals surface area contributed by atoms with Crippen molar-refractivity contribution in [3.8, 4) is 5.75 Å². The van der Waals surface area contributed by atoms with Crippen LogP contribution in [0.5, 0.6) is 5.75 Å². The molecule has 0 heterocycles. The van der Waals surface area contributed by atoms with Crippen molar-refractivity contribution >= 4 is 0 Å². The molecule has 1 aromatic carbocycles. The zero-order valence-corrected chi connectivity index (χ0v) is 6.40. The van der Waals surface area contributed by atoms with Gasteiger partial charge in [-0.1, -0.05) is 0 Å². The van der Waals surface area contributed by atoms with E-state index in [-0.39, 0.29) is 5.75 Å². The van der Waals surface area contributed by atoms with Crippen LogP contribution in [0, 0.1) is 18.6 Å². The molecule has 0 saturated carbocycles. The molecule has 0 amide bonds. The summed E-state index contributed by atoms with van der Waals surface area (Å²) in [5, 5.41) is 0. The molecule has 0 saturated heterocycles. The fourth-order valence-corrected chi connectivity index (χ4v) is 0.842. The predicted octanol–water partition coefficient (Wildman–Crippen LogP) is 2.58. The Labute approximate surface area is 67.8 Å². The third-order valence-electron chi connectivity index (χ3n) is 1.43. The van der Waals surface area contributed by atoms with Crippen molar-refractivity contribution in [2.75, 3.05) is 6.86 Å². The summed E-state index contributed by atoms with van der Waals surface area (Å²) in [6.07, 6.45) is 0. The summed E-state index contributed by atoms with van der Waals surface area (Å²) in [6, 6.07) is 1.78. The molecule has 1 nitrogen and oxygen atoms in total. The molecular formula is C8H7F3O. The first-order chi connectivity index (χ1) is 5.65. The number of hydrogen-bond acceptors (Lipinski definition) is 1. The molecule has 0 unspecified atom stereocenters. The smallest absolute Gasteiger partial charge is 0.228 e. The van der Waals surface area contributed by atoms with Crippen LogP contribution in [0.1, 0.15) is 5.56 Å². The van der Waals surface area contributed by atoms with E-state index in [0.717, 1.165) is 12.1 Å². The summed E-state index contributed by atoms with van der Waals surface area (Å²) >= 11 is 0. The third-order valence-corrected chi connectivity index (χ3v) is 1.43. The first-order valence-corrected chi connectivity index (χ1v) is 3.29. The Hall–Kier alpha value is -1.19. The quantitative estimate of drug-likeness (QED) is 0.672. The molecule has 12 heavy (non-hydrogen) atoms. The highest BCUT2D eigenvalue weighted by Gasteiger charge is 2.07. The Balaban J connectivity index is 3.05. The molecule has 0 fully saturated rings. The van der Waals surface area contributed by atoms with E-state index in [0.29, 0.717) is 5.56 Å². The molecule has 1 rings (SSSR count). The van der Waals surface area contributed by atoms with Crippen molar-refractivity contribution in [2.45, 2.75) is 6.92 Å². The van der Waals surface area contributed by atoms with E-state index in [9.17, 15) is 13.2 Å². The minimum Gasteiger partial charge on any atom is -0.463 e. The summed E-state index contributed by atoms with van der Waals surface area (Å²) in [5.41, 5.74) is 0.367. The third kappa shape index (κ3) is 1.69. The van der Waals surface area contributed by atoms with E-state index in [2.05, 4.69) is 4.74 Å². The van der Waals surface area contributed by atoms with Crippen LogP contribution in [0.25, 0.3) is 0 Å². The van der Waals surface area contributed by atoms with Crippen molar-refractivity contribution in [1.82, 2.24) is 0 Å². The number of ether oxygens (including phenoxy) is 1. The summed E-state index contributed by atoms with van der Waals surface area (Å²) in [5.74, 6) is -1.97. The lowest BCUT2D eigenvalue weighted by molar-refractivity contribution is 0.189. The van der Waals surface area contributed by atoms with Crippen molar-refractivity contribution in [2.24, 2.45) is 0 Å². The molecule has 0 N–H and O–H groups in total. The van der Waals surface area contributed by atoms with E-state index in [1.54, 1.807) is 0 Å². The highest BCUT2D eigenvalue weighted by atomic mass is 19.2. The number of aryl methyl sites for hydroxylation is 1. The van der Waals surface area contributed by atoms with Gasteiger partial charge in [0.1, 0.15) is 5.75 Å². The fourth-order valence-electron chi connectivity index (χ4n) is 0.842. The molecule has 0 spiro atoms. The molecular weight excluding hydrogens is 169 g/mol. The van der Waals surface area contributed by atoms with Gasteiger partial charge in [-0.25, -0.2) is 13.2 Å². The summed E-state index contributed by atoms with van der Waals surface area (Å²) in [4.78, 5) is 0. The molecule has 0 aromatic heterocycles. The number of rotatable bonds is 2. The van der Waals surface area contributed by atoms with Gasteiger partial charge in [0.15, 0.2) is 11.6 Å². The van der Waals surface area contributed by atoms with Gasteiger partial charge in [-0.3, -0.25) is 0 Å². The van der Waals surface area contributed by atoms with Gasteiger partial charge in [-0.15, -0.1) is 0 Å². The maximum atomic E-state index is 12.5. The second-order valence-electron chi connectivity index (χ2n) is 2.29. The normalized spacial score (nSPS) is 10.0. The summed E-state index contributed by atoms with van der Waals surface area (Å²) in [7, 11) is 0. The second-order valence-corrected chi connectivity index (χ2v) is 2.29. The Morgan fingerprint density at radius 1 is 1.25 bits per heavy atom. The van der Waals surface area contributed by atoms with E-state index >= 15 is 0 Å². The monoisotopic (exact) mass is 176 g/mol. The molecule has 0 atom stereocenters. The average Bonchev–Trinajstić information content (AvgIpc) is 2.01. The molecule has 0 radical (unpaired) electrons. The Kier molecular flexibility index (Phi) is 2.58. The molecule has 0 bridgehead atoms. The SMILES string of the molecule is Cc1cc(F)c(F)cc1OCF. The highest BCUT2D eigenvalue weighted by Crippen LogP contribution is 2.21. The van der Waals surface area contributed by atoms with Crippen molar-refractivity contribution < 1.29 is 17.9 Å². The van der Waals surface area contributed by atoms with Crippen LogP contribution in [0.15, 0.2) is 12.1 Å². The molecule has 1 aromatic rings. The van der Waals surface area contributed by atoms with Crippen LogP contribution >= 0.6 is 0 Å². The summed E-state index contributed by atoms with van der Waals surface area (Å²) < 4.78 is 41.0. The Morgan fingerprint density at radius 3 is 2.42 bits per heavy atom. The lowest BCUT2D eigenvalue weighted by atomic mass is 10.2. The molecule has 0 aliphatic carbocycles. The first-order valence-electron chi connectivity index (χ1n) is 3.29. The van der Waals surface area contributed by atoms with Gasteiger partial charge in [-0.05, 0) is 18.6 Å².